The molecule has 0 aromatic carbocycles. The molecule has 3 rings (SSSR count). The van der Waals surface area contributed by atoms with Crippen molar-refractivity contribution >= 4 is 11.2 Å². The second-order valence-electron chi connectivity index (χ2n) is 5.27. The van der Waals surface area contributed by atoms with Crippen LogP contribution < -0.4 is 5.56 Å². The summed E-state index contributed by atoms with van der Waals surface area (Å²) in [5, 5.41) is 29.3. The van der Waals surface area contributed by atoms with Gasteiger partial charge in [-0.1, -0.05) is 0 Å². The van der Waals surface area contributed by atoms with Crippen LogP contribution in [0.1, 0.15) is 12.7 Å². The van der Waals surface area contributed by atoms with E-state index in [-0.39, 0.29) is 11.2 Å². The molecule has 0 bridgehead atoms. The van der Waals surface area contributed by atoms with Crippen molar-refractivity contribution in [2.24, 2.45) is 0 Å². The summed E-state index contributed by atoms with van der Waals surface area (Å²) < 4.78 is 6.97. The highest BCUT2D eigenvalue weighted by Crippen LogP contribution is 2.36. The third kappa shape index (κ3) is 1.89. The van der Waals surface area contributed by atoms with Crippen LogP contribution in [0.25, 0.3) is 11.2 Å². The van der Waals surface area contributed by atoms with E-state index in [4.69, 9.17) is 4.74 Å². The van der Waals surface area contributed by atoms with Gasteiger partial charge in [0.15, 0.2) is 16.9 Å². The monoisotopic (exact) mass is 296 g/mol. The molecule has 21 heavy (non-hydrogen) atoms. The van der Waals surface area contributed by atoms with Crippen LogP contribution >= 0.6 is 0 Å². The molecule has 2 aromatic heterocycles. The zero-order chi connectivity index (χ0) is 15.4. The van der Waals surface area contributed by atoms with E-state index in [0.29, 0.717) is 5.82 Å². The summed E-state index contributed by atoms with van der Waals surface area (Å²) in [5.74, 6) is 0.393. The Kier molecular flexibility index (Phi) is 3.10. The van der Waals surface area contributed by atoms with Crippen LogP contribution in [-0.4, -0.2) is 59.8 Å². The molecule has 9 heteroatoms. The van der Waals surface area contributed by atoms with Gasteiger partial charge >= 0.3 is 0 Å². The van der Waals surface area contributed by atoms with Crippen LogP contribution in [0.4, 0.5) is 0 Å². The zero-order valence-electron chi connectivity index (χ0n) is 11.5. The number of imidazole rings is 1. The Hall–Kier alpha value is -1.81. The van der Waals surface area contributed by atoms with Crippen molar-refractivity contribution in [2.45, 2.75) is 37.9 Å². The van der Waals surface area contributed by atoms with Crippen LogP contribution in [0, 0.1) is 6.92 Å². The van der Waals surface area contributed by atoms with Gasteiger partial charge in [-0.15, -0.1) is 0 Å². The van der Waals surface area contributed by atoms with Gasteiger partial charge in [-0.25, -0.2) is 9.97 Å². The number of H-pyrrole nitrogens is 1. The first kappa shape index (κ1) is 14.1. The Bertz CT molecular complexity index is 741. The van der Waals surface area contributed by atoms with Crippen molar-refractivity contribution in [3.8, 4) is 0 Å². The summed E-state index contributed by atoms with van der Waals surface area (Å²) in [6.07, 6.45) is -2.15. The zero-order valence-corrected chi connectivity index (χ0v) is 11.5. The van der Waals surface area contributed by atoms with E-state index in [1.165, 1.54) is 17.8 Å². The molecule has 9 nitrogen and oxygen atoms in total. The van der Waals surface area contributed by atoms with Crippen molar-refractivity contribution in [2.75, 3.05) is 6.61 Å². The number of aliphatic hydroxyl groups excluding tert-OH is 3. The largest absolute Gasteiger partial charge is 0.394 e. The molecule has 0 saturated carbocycles. The minimum Gasteiger partial charge on any atom is -0.394 e. The van der Waals surface area contributed by atoms with Crippen LogP contribution in [0.5, 0.6) is 0 Å². The predicted octanol–water partition coefficient (Wildman–Crippen LogP) is -1.79. The second-order valence-corrected chi connectivity index (χ2v) is 5.27. The molecule has 0 aliphatic carbocycles. The van der Waals surface area contributed by atoms with Crippen molar-refractivity contribution in [3.05, 3.63) is 22.5 Å². The average molecular weight is 296 g/mol. The van der Waals surface area contributed by atoms with Crippen LogP contribution in [0.2, 0.25) is 0 Å². The molecule has 1 unspecified atom stereocenters. The Labute approximate surface area is 118 Å². The highest BCUT2D eigenvalue weighted by molar-refractivity contribution is 5.69. The number of fused-ring (bicyclic) bond motifs is 1. The van der Waals surface area contributed by atoms with E-state index >= 15 is 0 Å². The van der Waals surface area contributed by atoms with Crippen molar-refractivity contribution in [3.63, 3.8) is 0 Å². The molecule has 114 valence electrons. The molecule has 1 aliphatic rings. The number of nitrogens with one attached hydrogen (secondary N) is 1. The lowest BCUT2D eigenvalue weighted by Gasteiger charge is -2.29. The Morgan fingerprint density at radius 1 is 1.52 bits per heavy atom. The molecular formula is C12H16N4O5. The molecule has 1 fully saturated rings. The number of nitrogens with zero attached hydrogens (tertiary/aromatic N) is 3. The van der Waals surface area contributed by atoms with Crippen molar-refractivity contribution < 1.29 is 20.1 Å². The number of aromatic nitrogens is 4. The van der Waals surface area contributed by atoms with E-state index in [1.54, 1.807) is 6.92 Å². The van der Waals surface area contributed by atoms with Crippen molar-refractivity contribution in [1.29, 1.82) is 0 Å². The molecule has 2 aromatic rings. The summed E-state index contributed by atoms with van der Waals surface area (Å²) >= 11 is 0. The summed E-state index contributed by atoms with van der Waals surface area (Å²) in [4.78, 5) is 22.6. The first-order chi connectivity index (χ1) is 9.88. The van der Waals surface area contributed by atoms with E-state index < -0.39 is 36.2 Å². The van der Waals surface area contributed by atoms with Crippen LogP contribution in [-0.2, 0) is 10.5 Å². The molecule has 1 saturated heterocycles. The van der Waals surface area contributed by atoms with Gasteiger partial charge in [0.2, 0.25) is 0 Å². The number of aromatic amines is 1. The standard InChI is InChI=1S/C12H16N4O5/c1-5-14-10-7(11(20)15-5)13-4-16(10)12(2)9(19)8(18)6(3-17)21-12/h4,6,8-9,17-19H,3H2,1-2H3,(H,14,15,20)/t6-,8?,9+,12-/m1/s1. The molecule has 0 radical (unpaired) electrons. The van der Waals surface area contributed by atoms with Gasteiger partial charge in [-0.3, -0.25) is 9.36 Å². The van der Waals surface area contributed by atoms with Gasteiger partial charge in [0.05, 0.1) is 12.9 Å². The molecule has 4 atom stereocenters. The molecule has 0 spiro atoms. The Balaban J connectivity index is 2.19. The molecule has 1 aliphatic heterocycles. The van der Waals surface area contributed by atoms with Crippen LogP contribution in [0.15, 0.2) is 11.1 Å². The fraction of sp³-hybridized carbons (Fsp3) is 0.583. The predicted molar refractivity (Wildman–Crippen MR) is 70.5 cm³/mol. The van der Waals surface area contributed by atoms with Gasteiger partial charge in [0, 0.05) is 0 Å². The fourth-order valence-electron chi connectivity index (χ4n) is 2.65. The van der Waals surface area contributed by atoms with Gasteiger partial charge in [0.25, 0.3) is 5.56 Å². The maximum Gasteiger partial charge on any atom is 0.279 e. The summed E-state index contributed by atoms with van der Waals surface area (Å²) in [5.41, 5.74) is -1.43. The van der Waals surface area contributed by atoms with E-state index in [1.807, 2.05) is 0 Å². The minimum atomic E-state index is -1.38. The molecular weight excluding hydrogens is 280 g/mol. The normalized spacial score (nSPS) is 32.9. The maximum absolute atomic E-state index is 11.8. The Morgan fingerprint density at radius 2 is 2.24 bits per heavy atom. The Morgan fingerprint density at radius 3 is 2.86 bits per heavy atom. The lowest BCUT2D eigenvalue weighted by Crippen LogP contribution is -2.43. The van der Waals surface area contributed by atoms with Crippen LogP contribution in [0.3, 0.4) is 0 Å². The summed E-state index contributed by atoms with van der Waals surface area (Å²) in [6.45, 7) is 2.72. The van der Waals surface area contributed by atoms with Gasteiger partial charge < -0.3 is 25.0 Å². The number of rotatable bonds is 2. The summed E-state index contributed by atoms with van der Waals surface area (Å²) in [7, 11) is 0. The number of ether oxygens (including phenoxy) is 1. The third-order valence-corrected chi connectivity index (χ3v) is 3.83. The highest BCUT2D eigenvalue weighted by Gasteiger charge is 2.52. The first-order valence-corrected chi connectivity index (χ1v) is 6.47. The molecule has 4 N–H and O–H groups in total. The highest BCUT2D eigenvalue weighted by atomic mass is 16.6. The number of hydrogen-bond acceptors (Lipinski definition) is 7. The minimum absolute atomic E-state index is 0.111. The van der Waals surface area contributed by atoms with Gasteiger partial charge in [0.1, 0.15) is 24.1 Å². The van der Waals surface area contributed by atoms with Crippen molar-refractivity contribution in [1.82, 2.24) is 19.5 Å². The topological polar surface area (TPSA) is 133 Å². The lowest BCUT2D eigenvalue weighted by molar-refractivity contribution is -0.132. The fourth-order valence-corrected chi connectivity index (χ4v) is 2.65. The van der Waals surface area contributed by atoms with E-state index in [9.17, 15) is 20.1 Å². The number of hydrogen-bond donors (Lipinski definition) is 4. The quantitative estimate of drug-likeness (QED) is 0.514. The smallest absolute Gasteiger partial charge is 0.279 e. The van der Waals surface area contributed by atoms with Gasteiger partial charge in [-0.2, -0.15) is 0 Å². The average Bonchev–Trinajstić information content (AvgIpc) is 2.95. The maximum atomic E-state index is 11.8. The SMILES string of the molecule is Cc1nc2c(ncn2[C@]2(C)O[C@H](CO)C(O)[C@@H]2O)c(=O)[nH]1. The first-order valence-electron chi connectivity index (χ1n) is 6.47. The van der Waals surface area contributed by atoms with Gasteiger partial charge in [-0.05, 0) is 13.8 Å². The van der Waals surface area contributed by atoms with E-state index in [0.717, 1.165) is 0 Å². The molecule has 3 heterocycles. The number of aryl methyl sites for hydroxylation is 1. The summed E-state index contributed by atoms with van der Waals surface area (Å²) in [6, 6.07) is 0. The third-order valence-electron chi connectivity index (χ3n) is 3.83. The van der Waals surface area contributed by atoms with E-state index in [2.05, 4.69) is 15.0 Å². The molecule has 0 amide bonds. The second kappa shape index (κ2) is 4.60. The number of aliphatic hydroxyl groups is 3. The lowest BCUT2D eigenvalue weighted by atomic mass is 10.0.